The van der Waals surface area contributed by atoms with Gasteiger partial charge < -0.3 is 10.2 Å². The number of halogens is 1. The standard InChI is InChI=1S/C18H26ClN3O/c1-14-12-16(6-7-20-14)18(23)22-10-8-21(9-11-22)13-15-2-4-17(19)5-3-15/h2-5,14,16,20H,6-13H2,1H3/t14-,16-/m0/s1. The average molecular weight is 336 g/mol. The number of hydrogen-bond donors (Lipinski definition) is 1. The molecule has 2 saturated heterocycles. The van der Waals surface area contributed by atoms with Gasteiger partial charge in [0.05, 0.1) is 0 Å². The number of nitrogens with one attached hydrogen (secondary N) is 1. The Kier molecular flexibility index (Phi) is 5.57. The third-order valence-corrected chi connectivity index (χ3v) is 5.23. The van der Waals surface area contributed by atoms with Crippen molar-refractivity contribution in [1.29, 1.82) is 0 Å². The molecule has 0 aliphatic carbocycles. The zero-order valence-electron chi connectivity index (χ0n) is 13.8. The number of piperidine rings is 1. The Labute approximate surface area is 143 Å². The average Bonchev–Trinajstić information content (AvgIpc) is 2.57. The van der Waals surface area contributed by atoms with E-state index in [1.807, 2.05) is 12.1 Å². The number of amides is 1. The fourth-order valence-electron chi connectivity index (χ4n) is 3.59. The Bertz CT molecular complexity index is 526. The van der Waals surface area contributed by atoms with Crippen LogP contribution in [0, 0.1) is 5.92 Å². The van der Waals surface area contributed by atoms with Crippen LogP contribution in [0.5, 0.6) is 0 Å². The second kappa shape index (κ2) is 7.65. The van der Waals surface area contributed by atoms with Gasteiger partial charge in [0.1, 0.15) is 0 Å². The minimum Gasteiger partial charge on any atom is -0.340 e. The smallest absolute Gasteiger partial charge is 0.225 e. The summed E-state index contributed by atoms with van der Waals surface area (Å²) >= 11 is 5.93. The van der Waals surface area contributed by atoms with Crippen LogP contribution in [-0.2, 0) is 11.3 Å². The minimum absolute atomic E-state index is 0.217. The summed E-state index contributed by atoms with van der Waals surface area (Å²) in [5, 5.41) is 4.20. The fourth-order valence-corrected chi connectivity index (χ4v) is 3.71. The second-order valence-electron chi connectivity index (χ2n) is 6.80. The fraction of sp³-hybridized carbons (Fsp3) is 0.611. The van der Waals surface area contributed by atoms with Crippen LogP contribution in [0.25, 0.3) is 0 Å². The highest BCUT2D eigenvalue weighted by Crippen LogP contribution is 2.20. The maximum Gasteiger partial charge on any atom is 0.225 e. The molecule has 0 radical (unpaired) electrons. The Morgan fingerprint density at radius 3 is 2.57 bits per heavy atom. The molecule has 1 aromatic rings. The van der Waals surface area contributed by atoms with Gasteiger partial charge in [-0.3, -0.25) is 9.69 Å². The van der Waals surface area contributed by atoms with E-state index in [9.17, 15) is 4.79 Å². The molecule has 126 valence electrons. The van der Waals surface area contributed by atoms with Crippen molar-refractivity contribution in [3.8, 4) is 0 Å². The van der Waals surface area contributed by atoms with Gasteiger partial charge >= 0.3 is 0 Å². The van der Waals surface area contributed by atoms with Gasteiger partial charge in [-0.05, 0) is 44.0 Å². The monoisotopic (exact) mass is 335 g/mol. The summed E-state index contributed by atoms with van der Waals surface area (Å²) in [4.78, 5) is 17.2. The van der Waals surface area contributed by atoms with E-state index in [0.29, 0.717) is 11.9 Å². The van der Waals surface area contributed by atoms with E-state index in [1.165, 1.54) is 5.56 Å². The lowest BCUT2D eigenvalue weighted by molar-refractivity contribution is -0.138. The minimum atomic E-state index is 0.217. The number of nitrogens with zero attached hydrogens (tertiary/aromatic N) is 2. The van der Waals surface area contributed by atoms with Crippen LogP contribution in [-0.4, -0.2) is 54.5 Å². The molecule has 2 heterocycles. The highest BCUT2D eigenvalue weighted by Gasteiger charge is 2.30. The van der Waals surface area contributed by atoms with Crippen molar-refractivity contribution in [3.05, 3.63) is 34.9 Å². The third-order valence-electron chi connectivity index (χ3n) is 4.98. The molecule has 1 aromatic carbocycles. The molecule has 0 aromatic heterocycles. The lowest BCUT2D eigenvalue weighted by Gasteiger charge is -2.38. The molecular formula is C18H26ClN3O. The Hall–Kier alpha value is -1.10. The predicted octanol–water partition coefficient (Wildman–Crippen LogP) is 2.37. The first kappa shape index (κ1) is 16.7. The topological polar surface area (TPSA) is 35.6 Å². The molecule has 23 heavy (non-hydrogen) atoms. The molecule has 0 unspecified atom stereocenters. The van der Waals surface area contributed by atoms with E-state index in [1.54, 1.807) is 0 Å². The van der Waals surface area contributed by atoms with Gasteiger partial charge in [-0.15, -0.1) is 0 Å². The highest BCUT2D eigenvalue weighted by molar-refractivity contribution is 6.30. The van der Waals surface area contributed by atoms with Crippen molar-refractivity contribution in [2.75, 3.05) is 32.7 Å². The zero-order valence-corrected chi connectivity index (χ0v) is 14.6. The van der Waals surface area contributed by atoms with Crippen molar-refractivity contribution in [1.82, 2.24) is 15.1 Å². The molecule has 0 bridgehead atoms. The lowest BCUT2D eigenvalue weighted by atomic mass is 9.92. The van der Waals surface area contributed by atoms with Gasteiger partial charge in [0.15, 0.2) is 0 Å². The Morgan fingerprint density at radius 2 is 1.91 bits per heavy atom. The number of rotatable bonds is 3. The Morgan fingerprint density at radius 1 is 1.22 bits per heavy atom. The molecule has 5 heteroatoms. The number of piperazine rings is 1. The van der Waals surface area contributed by atoms with Gasteiger partial charge in [-0.25, -0.2) is 0 Å². The first-order valence-electron chi connectivity index (χ1n) is 8.61. The quantitative estimate of drug-likeness (QED) is 0.921. The van der Waals surface area contributed by atoms with E-state index in [2.05, 4.69) is 34.2 Å². The van der Waals surface area contributed by atoms with E-state index >= 15 is 0 Å². The third kappa shape index (κ3) is 4.46. The van der Waals surface area contributed by atoms with Crippen LogP contribution in [0.15, 0.2) is 24.3 Å². The summed E-state index contributed by atoms with van der Waals surface area (Å²) < 4.78 is 0. The number of carbonyl (C=O) groups excluding carboxylic acids is 1. The highest BCUT2D eigenvalue weighted by atomic mass is 35.5. The zero-order chi connectivity index (χ0) is 16.2. The van der Waals surface area contributed by atoms with Gasteiger partial charge in [0.2, 0.25) is 5.91 Å². The second-order valence-corrected chi connectivity index (χ2v) is 7.24. The van der Waals surface area contributed by atoms with Gasteiger partial charge in [0.25, 0.3) is 0 Å². The van der Waals surface area contributed by atoms with Crippen LogP contribution in [0.2, 0.25) is 5.02 Å². The maximum atomic E-state index is 12.7. The molecule has 1 N–H and O–H groups in total. The summed E-state index contributed by atoms with van der Waals surface area (Å²) in [5.41, 5.74) is 1.28. The normalized spacial score (nSPS) is 26.3. The van der Waals surface area contributed by atoms with Crippen molar-refractivity contribution in [3.63, 3.8) is 0 Å². The summed E-state index contributed by atoms with van der Waals surface area (Å²) in [7, 11) is 0. The van der Waals surface area contributed by atoms with Crippen LogP contribution in [0.3, 0.4) is 0 Å². The molecule has 2 atom stereocenters. The molecular weight excluding hydrogens is 310 g/mol. The lowest BCUT2D eigenvalue weighted by Crippen LogP contribution is -2.51. The van der Waals surface area contributed by atoms with E-state index in [-0.39, 0.29) is 5.92 Å². The predicted molar refractivity (Wildman–Crippen MR) is 93.5 cm³/mol. The number of hydrogen-bond acceptors (Lipinski definition) is 3. The maximum absolute atomic E-state index is 12.7. The van der Waals surface area contributed by atoms with Gasteiger partial charge in [0, 0.05) is 49.7 Å². The molecule has 2 aliphatic heterocycles. The van der Waals surface area contributed by atoms with Crippen molar-refractivity contribution >= 4 is 17.5 Å². The summed E-state index contributed by atoms with van der Waals surface area (Å²) in [5.74, 6) is 0.582. The van der Waals surface area contributed by atoms with Crippen molar-refractivity contribution in [2.45, 2.75) is 32.4 Å². The van der Waals surface area contributed by atoms with Crippen LogP contribution in [0.1, 0.15) is 25.3 Å². The van der Waals surface area contributed by atoms with Crippen LogP contribution >= 0.6 is 11.6 Å². The Balaban J connectivity index is 1.48. The molecule has 2 aliphatic rings. The van der Waals surface area contributed by atoms with E-state index in [0.717, 1.165) is 57.1 Å². The molecule has 1 amide bonds. The first-order chi connectivity index (χ1) is 11.1. The van der Waals surface area contributed by atoms with Crippen LogP contribution in [0.4, 0.5) is 0 Å². The SMILES string of the molecule is C[C@H]1C[C@@H](C(=O)N2CCN(Cc3ccc(Cl)cc3)CC2)CCN1. The van der Waals surface area contributed by atoms with Crippen LogP contribution < -0.4 is 5.32 Å². The van der Waals surface area contributed by atoms with Crippen molar-refractivity contribution < 1.29 is 4.79 Å². The molecule has 0 saturated carbocycles. The van der Waals surface area contributed by atoms with Crippen molar-refractivity contribution in [2.24, 2.45) is 5.92 Å². The van der Waals surface area contributed by atoms with Gasteiger partial charge in [-0.1, -0.05) is 23.7 Å². The van der Waals surface area contributed by atoms with Gasteiger partial charge in [-0.2, -0.15) is 0 Å². The number of carbonyl (C=O) groups is 1. The molecule has 2 fully saturated rings. The van der Waals surface area contributed by atoms with E-state index in [4.69, 9.17) is 11.6 Å². The molecule has 4 nitrogen and oxygen atoms in total. The van der Waals surface area contributed by atoms with E-state index < -0.39 is 0 Å². The largest absolute Gasteiger partial charge is 0.340 e. The molecule has 0 spiro atoms. The number of benzene rings is 1. The summed E-state index contributed by atoms with van der Waals surface area (Å²) in [6, 6.07) is 8.50. The summed E-state index contributed by atoms with van der Waals surface area (Å²) in [6.45, 7) is 7.68. The summed E-state index contributed by atoms with van der Waals surface area (Å²) in [6.07, 6.45) is 1.96. The first-order valence-corrected chi connectivity index (χ1v) is 8.98. The molecule has 3 rings (SSSR count).